The van der Waals surface area contributed by atoms with Crippen LogP contribution in [0.2, 0.25) is 0 Å². The van der Waals surface area contributed by atoms with Crippen molar-refractivity contribution in [1.29, 1.82) is 0 Å². The van der Waals surface area contributed by atoms with Crippen molar-refractivity contribution >= 4 is 11.4 Å². The van der Waals surface area contributed by atoms with Crippen molar-refractivity contribution in [3.63, 3.8) is 0 Å². The zero-order valence-corrected chi connectivity index (χ0v) is 31.6. The normalized spacial score (nSPS) is 13.1. The summed E-state index contributed by atoms with van der Waals surface area (Å²) < 4.78 is 11.8. The standard InChI is InChI=1S/C35H50N2.2C3H7O.Pd/c1-5-8-11-13-14-15-20-29-21-18-23-31(27-29)35-33(25-16-12-9-6-2)32(24-10-7-3)34(37(35)36)30-22-17-19-28(4)26-30;2*1-2-3-4;/h17-19,21-23,26-27H,5-16,20,24-25H2,1-4H3;2*2-3H2,1H3;/q;2*-1;+2. The summed E-state index contributed by atoms with van der Waals surface area (Å²) in [6.45, 7) is 14.8. The van der Waals surface area contributed by atoms with Crippen molar-refractivity contribution in [1.82, 2.24) is 0 Å². The molecule has 0 fully saturated rings. The van der Waals surface area contributed by atoms with Crippen LogP contribution < -0.4 is 0 Å². The first-order valence-corrected chi connectivity index (χ1v) is 19.7. The van der Waals surface area contributed by atoms with Crippen LogP contribution in [-0.2, 0) is 32.1 Å². The summed E-state index contributed by atoms with van der Waals surface area (Å²) in [7, 11) is 0. The second-order valence-electron chi connectivity index (χ2n) is 12.6. The van der Waals surface area contributed by atoms with E-state index in [2.05, 4.69) is 90.1 Å². The molecule has 0 radical (unpaired) electrons. The van der Waals surface area contributed by atoms with Gasteiger partial charge < -0.3 is 5.53 Å². The van der Waals surface area contributed by atoms with Gasteiger partial charge in [0.05, 0.1) is 0 Å². The van der Waals surface area contributed by atoms with Crippen LogP contribution in [0, 0.1) is 6.92 Å². The Morgan fingerprint density at radius 1 is 0.565 bits per heavy atom. The Bertz CT molecular complexity index is 1200. The van der Waals surface area contributed by atoms with Crippen molar-refractivity contribution in [3.8, 4) is 0 Å². The third-order valence-electron chi connectivity index (χ3n) is 8.34. The summed E-state index contributed by atoms with van der Waals surface area (Å²) in [5, 5.41) is 0. The van der Waals surface area contributed by atoms with Gasteiger partial charge in [-0.15, -0.1) is 0 Å². The number of rotatable bonds is 23. The van der Waals surface area contributed by atoms with Gasteiger partial charge in [0, 0.05) is 22.3 Å². The van der Waals surface area contributed by atoms with Crippen molar-refractivity contribution in [2.24, 2.45) is 0 Å². The fourth-order valence-corrected chi connectivity index (χ4v) is 6.87. The van der Waals surface area contributed by atoms with Crippen LogP contribution >= 0.6 is 0 Å². The Hall–Kier alpha value is -1.90. The minimum absolute atomic E-state index is 0.0746. The van der Waals surface area contributed by atoms with E-state index in [9.17, 15) is 5.53 Å². The molecule has 0 bridgehead atoms. The molecule has 46 heavy (non-hydrogen) atoms. The van der Waals surface area contributed by atoms with Crippen LogP contribution in [0.15, 0.2) is 59.7 Å². The Kier molecular flexibility index (Phi) is 22.0. The molecule has 0 unspecified atom stereocenters. The average Bonchev–Trinajstić information content (AvgIpc) is 3.34. The molecule has 0 spiro atoms. The zero-order valence-electron chi connectivity index (χ0n) is 30.1. The van der Waals surface area contributed by atoms with Gasteiger partial charge in [-0.1, -0.05) is 108 Å². The summed E-state index contributed by atoms with van der Waals surface area (Å²) in [6, 6.07) is 17.6. The molecule has 0 saturated heterocycles. The van der Waals surface area contributed by atoms with Crippen molar-refractivity contribution < 1.29 is 30.3 Å². The number of hydrogen-bond acceptors (Lipinski definition) is 2. The molecule has 0 atom stereocenters. The topological polar surface area (TPSA) is 43.8 Å². The van der Waals surface area contributed by atoms with Gasteiger partial charge >= 0.3 is 65.5 Å². The van der Waals surface area contributed by atoms with Gasteiger partial charge in [0.25, 0.3) is 0 Å². The van der Waals surface area contributed by atoms with E-state index < -0.39 is 0 Å². The Morgan fingerprint density at radius 2 is 1.07 bits per heavy atom. The van der Waals surface area contributed by atoms with Crippen LogP contribution in [0.4, 0.5) is 0 Å². The molecule has 0 aliphatic carbocycles. The Labute approximate surface area is 292 Å². The molecule has 2 aromatic carbocycles. The third-order valence-corrected chi connectivity index (χ3v) is 9.34. The van der Waals surface area contributed by atoms with E-state index in [4.69, 9.17) is 6.92 Å². The molecule has 3 rings (SSSR count). The molecule has 2 aromatic rings. The summed E-state index contributed by atoms with van der Waals surface area (Å²) in [5.74, 6) is 0. The monoisotopic (exact) mass is 722 g/mol. The summed E-state index contributed by atoms with van der Waals surface area (Å²) in [4.78, 5) is 0. The first-order valence-electron chi connectivity index (χ1n) is 18.5. The fourth-order valence-electron chi connectivity index (χ4n) is 5.85. The average molecular weight is 723 g/mol. The van der Waals surface area contributed by atoms with Crippen LogP contribution in [0.3, 0.4) is 0 Å². The molecule has 1 aliphatic rings. The Morgan fingerprint density at radius 3 is 1.65 bits per heavy atom. The van der Waals surface area contributed by atoms with Gasteiger partial charge in [0.1, 0.15) is 0 Å². The molecule has 1 aliphatic heterocycles. The predicted octanol–water partition coefficient (Wildman–Crippen LogP) is 13.0. The molecule has 5 heteroatoms. The number of hydrogen-bond donors (Lipinski definition) is 0. The summed E-state index contributed by atoms with van der Waals surface area (Å²) in [5.41, 5.74) is 21.4. The molecule has 0 amide bonds. The summed E-state index contributed by atoms with van der Waals surface area (Å²) >= 11 is 0.0746. The quantitative estimate of drug-likeness (QED) is 0.0651. The van der Waals surface area contributed by atoms with E-state index >= 15 is 0 Å². The van der Waals surface area contributed by atoms with Crippen LogP contribution in [0.5, 0.6) is 0 Å². The molecule has 260 valence electrons. The van der Waals surface area contributed by atoms with E-state index in [1.54, 1.807) is 4.70 Å². The maximum absolute atomic E-state index is 11.8. The van der Waals surface area contributed by atoms with Crippen LogP contribution in [0.25, 0.3) is 16.9 Å². The van der Waals surface area contributed by atoms with Crippen LogP contribution in [-0.4, -0.2) is 17.9 Å². The van der Waals surface area contributed by atoms with Gasteiger partial charge in [-0.2, -0.15) is 0 Å². The molecule has 0 N–H and O–H groups in total. The number of allylic oxidation sites excluding steroid dienone is 2. The second-order valence-corrected chi connectivity index (χ2v) is 13.8. The molecule has 4 nitrogen and oxygen atoms in total. The molecule has 0 aromatic heterocycles. The van der Waals surface area contributed by atoms with Crippen molar-refractivity contribution in [2.75, 3.05) is 13.2 Å². The van der Waals surface area contributed by atoms with Crippen molar-refractivity contribution in [3.05, 3.63) is 87.5 Å². The van der Waals surface area contributed by atoms with E-state index in [0.29, 0.717) is 0 Å². The summed E-state index contributed by atoms with van der Waals surface area (Å²) in [6.07, 6.45) is 20.5. The number of nitrogens with zero attached hydrogens (tertiary/aromatic N) is 2. The Balaban J connectivity index is 0.000000713. The van der Waals surface area contributed by atoms with E-state index in [-0.39, 0.29) is 18.7 Å². The molecular weight excluding hydrogens is 659 g/mol. The predicted molar refractivity (Wildman–Crippen MR) is 193 cm³/mol. The maximum atomic E-state index is 11.8. The first kappa shape index (κ1) is 40.3. The second kappa shape index (κ2) is 25.2. The fraction of sp³-hybridized carbons (Fsp3) is 0.610. The molecular formula is C41H64N2O2Pd. The third kappa shape index (κ3) is 14.5. The van der Waals surface area contributed by atoms with Crippen molar-refractivity contribution in [2.45, 2.75) is 151 Å². The molecule has 1 heterocycles. The van der Waals surface area contributed by atoms with Gasteiger partial charge in [-0.3, -0.25) is 0 Å². The van der Waals surface area contributed by atoms with Crippen LogP contribution in [0.1, 0.15) is 160 Å². The SMILES string of the molecule is CCCCCCCCc1cccc(C2=C(CCCCCC)C(CCCC)=C(c3cccc(C)c3)[N+]2=[N-])c1.CCC[O][Pd][O]CCC. The van der Waals surface area contributed by atoms with Gasteiger partial charge in [-0.25, -0.2) is 4.70 Å². The number of benzene rings is 2. The van der Waals surface area contributed by atoms with Gasteiger partial charge in [0.15, 0.2) is 0 Å². The zero-order chi connectivity index (χ0) is 33.4. The molecule has 0 saturated carbocycles. The number of aryl methyl sites for hydroxylation is 2. The number of unbranched alkanes of at least 4 members (excludes halogenated alkanes) is 9. The minimum atomic E-state index is 0.0746. The first-order chi connectivity index (χ1) is 22.5. The van der Waals surface area contributed by atoms with Gasteiger partial charge in [-0.05, 0) is 75.3 Å². The van der Waals surface area contributed by atoms with E-state index in [1.807, 2.05) is 0 Å². The van der Waals surface area contributed by atoms with Gasteiger partial charge in [0.2, 0.25) is 11.4 Å². The van der Waals surface area contributed by atoms with E-state index in [1.165, 1.54) is 86.5 Å². The van der Waals surface area contributed by atoms with E-state index in [0.717, 1.165) is 80.7 Å².